The number of hydrogen-bond donors (Lipinski definition) is 0. The van der Waals surface area contributed by atoms with Crippen LogP contribution in [-0.2, 0) is 16.1 Å². The average molecular weight is 232 g/mol. The van der Waals surface area contributed by atoms with Crippen LogP contribution in [0.15, 0.2) is 43.0 Å². The summed E-state index contributed by atoms with van der Waals surface area (Å²) in [6, 6.07) is 9.95. The molecule has 1 aromatic carbocycles. The van der Waals surface area contributed by atoms with E-state index in [0.29, 0.717) is 13.0 Å². The molecule has 17 heavy (non-hydrogen) atoms. The van der Waals surface area contributed by atoms with Crippen LogP contribution in [0.3, 0.4) is 0 Å². The van der Waals surface area contributed by atoms with Gasteiger partial charge in [0, 0.05) is 5.41 Å². The van der Waals surface area contributed by atoms with Crippen molar-refractivity contribution in [1.82, 2.24) is 0 Å². The van der Waals surface area contributed by atoms with Crippen molar-refractivity contribution in [1.29, 1.82) is 0 Å². The first-order valence-corrected chi connectivity index (χ1v) is 5.83. The molecule has 2 nitrogen and oxygen atoms in total. The molecule has 2 heteroatoms. The highest BCUT2D eigenvalue weighted by Gasteiger charge is 2.28. The van der Waals surface area contributed by atoms with Crippen molar-refractivity contribution < 1.29 is 9.53 Å². The summed E-state index contributed by atoms with van der Waals surface area (Å²) in [6.07, 6.45) is 3.30. The van der Waals surface area contributed by atoms with E-state index in [-0.39, 0.29) is 6.10 Å². The van der Waals surface area contributed by atoms with Crippen molar-refractivity contribution in [2.75, 3.05) is 0 Å². The van der Waals surface area contributed by atoms with Crippen LogP contribution >= 0.6 is 0 Å². The topological polar surface area (TPSA) is 26.3 Å². The van der Waals surface area contributed by atoms with Gasteiger partial charge in [0.2, 0.25) is 0 Å². The molecule has 0 radical (unpaired) electrons. The smallest absolute Gasteiger partial charge is 0.128 e. The third kappa shape index (κ3) is 4.16. The quantitative estimate of drug-likeness (QED) is 0.532. The molecule has 0 heterocycles. The molecule has 0 fully saturated rings. The number of carbonyl (C=O) groups excluding carboxylic acids is 1. The lowest BCUT2D eigenvalue weighted by Crippen LogP contribution is -2.33. The number of ether oxygens (including phenoxy) is 1. The predicted octanol–water partition coefficient (Wildman–Crippen LogP) is 3.37. The Labute approximate surface area is 103 Å². The summed E-state index contributed by atoms with van der Waals surface area (Å²) in [6.45, 7) is 8.01. The Kier molecular flexibility index (Phi) is 5.11. The van der Waals surface area contributed by atoms with Gasteiger partial charge in [-0.15, -0.1) is 6.58 Å². The monoisotopic (exact) mass is 232 g/mol. The second-order valence-corrected chi connectivity index (χ2v) is 4.75. The minimum Gasteiger partial charge on any atom is -0.372 e. The molecule has 0 spiro atoms. The number of rotatable bonds is 7. The molecule has 0 bridgehead atoms. The second kappa shape index (κ2) is 6.36. The van der Waals surface area contributed by atoms with Crippen LogP contribution in [0.25, 0.3) is 0 Å². The molecular formula is C15H20O2. The molecule has 92 valence electrons. The minimum absolute atomic E-state index is 0.127. The predicted molar refractivity (Wildman–Crippen MR) is 69.7 cm³/mol. The Morgan fingerprint density at radius 3 is 2.53 bits per heavy atom. The Balaban J connectivity index is 2.62. The number of carbonyl (C=O) groups is 1. The summed E-state index contributed by atoms with van der Waals surface area (Å²) in [4.78, 5) is 11.0. The van der Waals surface area contributed by atoms with E-state index < -0.39 is 5.41 Å². The fraction of sp³-hybridized carbons (Fsp3) is 0.400. The van der Waals surface area contributed by atoms with E-state index >= 15 is 0 Å². The van der Waals surface area contributed by atoms with Crippen molar-refractivity contribution in [2.45, 2.75) is 33.0 Å². The van der Waals surface area contributed by atoms with E-state index in [2.05, 4.69) is 6.58 Å². The number of aldehydes is 1. The Hall–Kier alpha value is -1.41. The average Bonchev–Trinajstić information content (AvgIpc) is 2.35. The van der Waals surface area contributed by atoms with Crippen molar-refractivity contribution in [3.05, 3.63) is 48.6 Å². The summed E-state index contributed by atoms with van der Waals surface area (Å²) in [5.74, 6) is 0. The molecule has 0 aromatic heterocycles. The zero-order valence-electron chi connectivity index (χ0n) is 10.6. The van der Waals surface area contributed by atoms with Gasteiger partial charge in [-0.3, -0.25) is 0 Å². The highest BCUT2D eigenvalue weighted by atomic mass is 16.5. The van der Waals surface area contributed by atoms with Crippen molar-refractivity contribution >= 4 is 6.29 Å². The van der Waals surface area contributed by atoms with Crippen LogP contribution in [0.1, 0.15) is 25.8 Å². The van der Waals surface area contributed by atoms with Gasteiger partial charge in [0.15, 0.2) is 0 Å². The molecule has 0 aliphatic rings. The van der Waals surface area contributed by atoms with Crippen LogP contribution in [0.2, 0.25) is 0 Å². The minimum atomic E-state index is -0.483. The molecule has 0 unspecified atom stereocenters. The van der Waals surface area contributed by atoms with Gasteiger partial charge in [0.25, 0.3) is 0 Å². The van der Waals surface area contributed by atoms with Crippen molar-refractivity contribution in [3.8, 4) is 0 Å². The van der Waals surface area contributed by atoms with Crippen molar-refractivity contribution in [2.24, 2.45) is 5.41 Å². The van der Waals surface area contributed by atoms with E-state index in [9.17, 15) is 4.79 Å². The lowest BCUT2D eigenvalue weighted by Gasteiger charge is -2.28. The maximum absolute atomic E-state index is 11.0. The molecule has 0 aliphatic carbocycles. The van der Waals surface area contributed by atoms with Crippen molar-refractivity contribution in [3.63, 3.8) is 0 Å². The summed E-state index contributed by atoms with van der Waals surface area (Å²) in [5.41, 5.74) is 0.631. The van der Waals surface area contributed by atoms with Gasteiger partial charge in [-0.1, -0.05) is 50.3 Å². The van der Waals surface area contributed by atoms with Gasteiger partial charge in [-0.2, -0.15) is 0 Å². The maximum Gasteiger partial charge on any atom is 0.128 e. The molecule has 0 amide bonds. The Morgan fingerprint density at radius 2 is 2.00 bits per heavy atom. The molecular weight excluding hydrogens is 212 g/mol. The van der Waals surface area contributed by atoms with Gasteiger partial charge in [-0.05, 0) is 12.0 Å². The Bertz CT molecular complexity index is 354. The van der Waals surface area contributed by atoms with Gasteiger partial charge in [0.05, 0.1) is 12.7 Å². The Morgan fingerprint density at radius 1 is 1.35 bits per heavy atom. The molecule has 0 N–H and O–H groups in total. The summed E-state index contributed by atoms with van der Waals surface area (Å²) in [5, 5.41) is 0. The zero-order chi connectivity index (χ0) is 12.7. The normalized spacial score (nSPS) is 13.1. The lowest BCUT2D eigenvalue weighted by atomic mass is 9.86. The van der Waals surface area contributed by atoms with E-state index in [1.165, 1.54) is 0 Å². The largest absolute Gasteiger partial charge is 0.372 e. The van der Waals surface area contributed by atoms with Crippen LogP contribution in [0, 0.1) is 5.41 Å². The fourth-order valence-corrected chi connectivity index (χ4v) is 1.58. The third-order valence-corrected chi connectivity index (χ3v) is 2.81. The molecule has 0 saturated heterocycles. The summed E-state index contributed by atoms with van der Waals surface area (Å²) < 4.78 is 5.82. The summed E-state index contributed by atoms with van der Waals surface area (Å²) >= 11 is 0. The molecule has 1 rings (SSSR count). The van der Waals surface area contributed by atoms with E-state index in [0.717, 1.165) is 11.8 Å². The van der Waals surface area contributed by atoms with Crippen LogP contribution < -0.4 is 0 Å². The SMILES string of the molecule is C=CC[C@@H](OCc1ccccc1)C(C)(C)C=O. The van der Waals surface area contributed by atoms with E-state index in [1.807, 2.05) is 44.2 Å². The van der Waals surface area contributed by atoms with Gasteiger partial charge in [-0.25, -0.2) is 0 Å². The van der Waals surface area contributed by atoms with Crippen LogP contribution in [-0.4, -0.2) is 12.4 Å². The first kappa shape index (κ1) is 13.7. The highest BCUT2D eigenvalue weighted by molar-refractivity contribution is 5.59. The standard InChI is InChI=1S/C15H20O2/c1-4-8-14(15(2,3)12-16)17-11-13-9-6-5-7-10-13/h4-7,9-10,12,14H,1,8,11H2,2-3H3/t14-/m1/s1. The second-order valence-electron chi connectivity index (χ2n) is 4.75. The molecule has 0 saturated carbocycles. The van der Waals surface area contributed by atoms with E-state index in [4.69, 9.17) is 4.74 Å². The van der Waals surface area contributed by atoms with Gasteiger partial charge >= 0.3 is 0 Å². The zero-order valence-corrected chi connectivity index (χ0v) is 10.6. The summed E-state index contributed by atoms with van der Waals surface area (Å²) in [7, 11) is 0. The first-order chi connectivity index (χ1) is 8.10. The fourth-order valence-electron chi connectivity index (χ4n) is 1.58. The van der Waals surface area contributed by atoms with Gasteiger partial charge < -0.3 is 9.53 Å². The molecule has 1 atom stereocenters. The maximum atomic E-state index is 11.0. The lowest BCUT2D eigenvalue weighted by molar-refractivity contribution is -0.124. The molecule has 0 aliphatic heterocycles. The third-order valence-electron chi connectivity index (χ3n) is 2.81. The number of benzene rings is 1. The van der Waals surface area contributed by atoms with Gasteiger partial charge in [0.1, 0.15) is 6.29 Å². The van der Waals surface area contributed by atoms with Crippen LogP contribution in [0.5, 0.6) is 0 Å². The van der Waals surface area contributed by atoms with E-state index in [1.54, 1.807) is 6.08 Å². The number of hydrogen-bond acceptors (Lipinski definition) is 2. The molecule has 1 aromatic rings. The first-order valence-electron chi connectivity index (χ1n) is 5.83. The highest BCUT2D eigenvalue weighted by Crippen LogP contribution is 2.24. The van der Waals surface area contributed by atoms with Crippen LogP contribution in [0.4, 0.5) is 0 Å².